The third-order valence-corrected chi connectivity index (χ3v) is 4.70. The molecule has 2 aromatic rings. The number of hydrogen-bond donors (Lipinski definition) is 1. The molecule has 1 aliphatic rings. The summed E-state index contributed by atoms with van der Waals surface area (Å²) in [5, 5.41) is 9.55. The van der Waals surface area contributed by atoms with Crippen LogP contribution in [-0.2, 0) is 6.54 Å². The first-order valence-corrected chi connectivity index (χ1v) is 8.12. The van der Waals surface area contributed by atoms with E-state index in [0.717, 1.165) is 37.1 Å². The third kappa shape index (κ3) is 3.77. The van der Waals surface area contributed by atoms with E-state index in [0.29, 0.717) is 12.1 Å². The molecule has 1 aromatic heterocycles. The molecule has 0 radical (unpaired) electrons. The van der Waals surface area contributed by atoms with Crippen LogP contribution in [0.1, 0.15) is 25.3 Å². The minimum absolute atomic E-state index is 0.0638. The first-order valence-electron chi connectivity index (χ1n) is 8.12. The predicted octanol–water partition coefficient (Wildman–Crippen LogP) is 3.48. The van der Waals surface area contributed by atoms with Crippen LogP contribution in [0.15, 0.2) is 42.7 Å². The second-order valence-electron chi connectivity index (χ2n) is 6.83. The highest BCUT2D eigenvalue weighted by atomic mass is 19.1. The van der Waals surface area contributed by atoms with E-state index in [9.17, 15) is 9.50 Å². The van der Waals surface area contributed by atoms with Crippen molar-refractivity contribution >= 4 is 0 Å². The number of rotatable bonds is 4. The Balaban J connectivity index is 1.74. The number of piperidine rings is 1. The highest BCUT2D eigenvalue weighted by Gasteiger charge is 2.30. The number of pyridine rings is 1. The normalized spacial score (nSPS) is 22.2. The molecular weight excluding hydrogens is 291 g/mol. The molecule has 1 unspecified atom stereocenters. The van der Waals surface area contributed by atoms with Crippen molar-refractivity contribution in [2.24, 2.45) is 5.41 Å². The van der Waals surface area contributed by atoms with E-state index in [-0.39, 0.29) is 17.8 Å². The average Bonchev–Trinajstić information content (AvgIpc) is 2.58. The summed E-state index contributed by atoms with van der Waals surface area (Å²) in [4.78, 5) is 6.23. The van der Waals surface area contributed by atoms with Crippen molar-refractivity contribution in [3.05, 3.63) is 54.1 Å². The van der Waals surface area contributed by atoms with Crippen LogP contribution in [-0.4, -0.2) is 34.7 Å². The second kappa shape index (κ2) is 6.77. The lowest BCUT2D eigenvalue weighted by Gasteiger charge is -2.39. The van der Waals surface area contributed by atoms with Gasteiger partial charge in [-0.25, -0.2) is 4.39 Å². The molecule has 0 amide bonds. The van der Waals surface area contributed by atoms with Gasteiger partial charge in [0, 0.05) is 43.1 Å². The molecule has 0 saturated carbocycles. The monoisotopic (exact) mass is 314 g/mol. The Kier molecular flexibility index (Phi) is 4.74. The summed E-state index contributed by atoms with van der Waals surface area (Å²) in [5.41, 5.74) is 2.49. The van der Waals surface area contributed by atoms with Crippen molar-refractivity contribution in [1.82, 2.24) is 9.88 Å². The van der Waals surface area contributed by atoms with Gasteiger partial charge in [-0.3, -0.25) is 9.88 Å². The van der Waals surface area contributed by atoms with Crippen LogP contribution < -0.4 is 0 Å². The number of hydrogen-bond acceptors (Lipinski definition) is 3. The number of nitrogens with zero attached hydrogens (tertiary/aromatic N) is 2. The summed E-state index contributed by atoms with van der Waals surface area (Å²) in [5.74, 6) is -0.171. The zero-order chi connectivity index (χ0) is 16.3. The zero-order valence-electron chi connectivity index (χ0n) is 13.5. The van der Waals surface area contributed by atoms with Crippen LogP contribution in [0, 0.1) is 11.2 Å². The van der Waals surface area contributed by atoms with Gasteiger partial charge in [0.25, 0.3) is 0 Å². The van der Waals surface area contributed by atoms with E-state index < -0.39 is 0 Å². The molecule has 0 bridgehead atoms. The molecule has 1 atom stereocenters. The molecule has 1 fully saturated rings. The van der Waals surface area contributed by atoms with E-state index in [1.165, 1.54) is 0 Å². The van der Waals surface area contributed by atoms with Crippen molar-refractivity contribution in [3.63, 3.8) is 0 Å². The second-order valence-corrected chi connectivity index (χ2v) is 6.83. The van der Waals surface area contributed by atoms with Crippen molar-refractivity contribution in [1.29, 1.82) is 0 Å². The maximum absolute atomic E-state index is 14.5. The fourth-order valence-corrected chi connectivity index (χ4v) is 3.33. The molecule has 1 saturated heterocycles. The van der Waals surface area contributed by atoms with Gasteiger partial charge in [-0.1, -0.05) is 19.1 Å². The minimum atomic E-state index is -0.171. The summed E-state index contributed by atoms with van der Waals surface area (Å²) in [6, 6.07) is 9.19. The molecule has 23 heavy (non-hydrogen) atoms. The number of halogens is 1. The Bertz CT molecular complexity index is 662. The Labute approximate surface area is 136 Å². The van der Waals surface area contributed by atoms with Gasteiger partial charge < -0.3 is 5.11 Å². The Morgan fingerprint density at radius 3 is 2.70 bits per heavy atom. The van der Waals surface area contributed by atoms with E-state index in [1.807, 2.05) is 24.3 Å². The standard InChI is InChI=1S/C19H23FN2O/c1-19(14-23)7-2-10-22(13-19)12-17-4-3-16(11-18(17)20)15-5-8-21-9-6-15/h3-6,8-9,11,23H,2,7,10,12-14H2,1H3. The molecule has 1 aliphatic heterocycles. The van der Waals surface area contributed by atoms with E-state index in [4.69, 9.17) is 0 Å². The zero-order valence-corrected chi connectivity index (χ0v) is 13.5. The van der Waals surface area contributed by atoms with Gasteiger partial charge >= 0.3 is 0 Å². The largest absolute Gasteiger partial charge is 0.396 e. The van der Waals surface area contributed by atoms with Crippen LogP contribution in [0.25, 0.3) is 11.1 Å². The van der Waals surface area contributed by atoms with Crippen LogP contribution in [0.4, 0.5) is 4.39 Å². The topological polar surface area (TPSA) is 36.4 Å². The van der Waals surface area contributed by atoms with E-state index >= 15 is 0 Å². The first-order chi connectivity index (χ1) is 11.1. The van der Waals surface area contributed by atoms with Crippen molar-refractivity contribution in [2.75, 3.05) is 19.7 Å². The smallest absolute Gasteiger partial charge is 0.128 e. The lowest BCUT2D eigenvalue weighted by atomic mass is 9.82. The lowest BCUT2D eigenvalue weighted by Crippen LogP contribution is -2.43. The quantitative estimate of drug-likeness (QED) is 0.938. The molecular formula is C19H23FN2O. The van der Waals surface area contributed by atoms with Crippen LogP contribution in [0.2, 0.25) is 0 Å². The Morgan fingerprint density at radius 2 is 2.00 bits per heavy atom. The van der Waals surface area contributed by atoms with Gasteiger partial charge in [0.2, 0.25) is 0 Å². The summed E-state index contributed by atoms with van der Waals surface area (Å²) < 4.78 is 14.5. The first kappa shape index (κ1) is 16.1. The maximum Gasteiger partial charge on any atom is 0.128 e. The molecule has 2 heterocycles. The number of benzene rings is 1. The lowest BCUT2D eigenvalue weighted by molar-refractivity contribution is 0.0424. The van der Waals surface area contributed by atoms with E-state index in [1.54, 1.807) is 18.5 Å². The number of aliphatic hydroxyl groups is 1. The molecule has 1 N–H and O–H groups in total. The predicted molar refractivity (Wildman–Crippen MR) is 89.3 cm³/mol. The molecule has 3 nitrogen and oxygen atoms in total. The van der Waals surface area contributed by atoms with Crippen LogP contribution in [0.3, 0.4) is 0 Å². The average molecular weight is 314 g/mol. The summed E-state index contributed by atoms with van der Waals surface area (Å²) in [6.07, 6.45) is 5.51. The van der Waals surface area contributed by atoms with Crippen LogP contribution in [0.5, 0.6) is 0 Å². The number of aromatic nitrogens is 1. The fraction of sp³-hybridized carbons (Fsp3) is 0.421. The van der Waals surface area contributed by atoms with Crippen molar-refractivity contribution < 1.29 is 9.50 Å². The molecule has 1 aromatic carbocycles. The molecule has 0 aliphatic carbocycles. The highest BCUT2D eigenvalue weighted by molar-refractivity contribution is 5.63. The molecule has 3 rings (SSSR count). The number of aliphatic hydroxyl groups excluding tert-OH is 1. The third-order valence-electron chi connectivity index (χ3n) is 4.70. The van der Waals surface area contributed by atoms with Gasteiger partial charge in [0.05, 0.1) is 0 Å². The minimum Gasteiger partial charge on any atom is -0.396 e. The van der Waals surface area contributed by atoms with Crippen molar-refractivity contribution in [2.45, 2.75) is 26.3 Å². The Morgan fingerprint density at radius 1 is 1.22 bits per heavy atom. The number of likely N-dealkylation sites (tertiary alicyclic amines) is 1. The maximum atomic E-state index is 14.5. The van der Waals surface area contributed by atoms with Crippen molar-refractivity contribution in [3.8, 4) is 11.1 Å². The molecule has 122 valence electrons. The van der Waals surface area contributed by atoms with Gasteiger partial charge in [0.1, 0.15) is 5.82 Å². The molecule has 4 heteroatoms. The van der Waals surface area contributed by atoms with Gasteiger partial charge in [-0.05, 0) is 48.7 Å². The highest BCUT2D eigenvalue weighted by Crippen LogP contribution is 2.30. The van der Waals surface area contributed by atoms with Gasteiger partial charge in [-0.15, -0.1) is 0 Å². The van der Waals surface area contributed by atoms with E-state index in [2.05, 4.69) is 16.8 Å². The van der Waals surface area contributed by atoms with Gasteiger partial charge in [0.15, 0.2) is 0 Å². The summed E-state index contributed by atoms with van der Waals surface area (Å²) in [6.45, 7) is 4.66. The SMILES string of the molecule is CC1(CO)CCCN(Cc2ccc(-c3ccncc3)cc2F)C1. The summed E-state index contributed by atoms with van der Waals surface area (Å²) in [7, 11) is 0. The van der Waals surface area contributed by atoms with Crippen LogP contribution >= 0.6 is 0 Å². The van der Waals surface area contributed by atoms with Gasteiger partial charge in [-0.2, -0.15) is 0 Å². The molecule has 0 spiro atoms. The Hall–Kier alpha value is -1.78. The fourth-order valence-electron chi connectivity index (χ4n) is 3.33. The summed E-state index contributed by atoms with van der Waals surface area (Å²) >= 11 is 0.